The fraction of sp³-hybridized carbons (Fsp3) is 0.312. The Bertz CT molecular complexity index is 757. The zero-order chi connectivity index (χ0) is 14.8. The number of nitrogens with one attached hydrogen (secondary N) is 1. The summed E-state index contributed by atoms with van der Waals surface area (Å²) >= 11 is 1.67. The molecular weight excluding hydrogens is 294 g/mol. The maximum atomic E-state index is 4.50. The maximum absolute atomic E-state index is 4.50. The Kier molecular flexibility index (Phi) is 3.60. The van der Waals surface area contributed by atoms with E-state index in [1.807, 2.05) is 24.4 Å². The van der Waals surface area contributed by atoms with Crippen molar-refractivity contribution < 1.29 is 0 Å². The van der Waals surface area contributed by atoms with Crippen LogP contribution in [-0.2, 0) is 0 Å². The Morgan fingerprint density at radius 1 is 1.23 bits per heavy atom. The molecule has 1 N–H and O–H groups in total. The van der Waals surface area contributed by atoms with Gasteiger partial charge in [0.25, 0.3) is 0 Å². The topological polar surface area (TPSA) is 53.9 Å². The number of rotatable bonds is 4. The van der Waals surface area contributed by atoms with Crippen molar-refractivity contribution in [2.75, 3.05) is 29.9 Å². The molecule has 3 aromatic heterocycles. The molecule has 0 bridgehead atoms. The van der Waals surface area contributed by atoms with Gasteiger partial charge in [0.15, 0.2) is 0 Å². The van der Waals surface area contributed by atoms with Crippen LogP contribution >= 0.6 is 11.3 Å². The fourth-order valence-electron chi connectivity index (χ4n) is 2.94. The van der Waals surface area contributed by atoms with Gasteiger partial charge in [-0.15, -0.1) is 11.3 Å². The summed E-state index contributed by atoms with van der Waals surface area (Å²) in [5, 5.41) is 6.68. The largest absolute Gasteiger partial charge is 0.370 e. The highest BCUT2D eigenvalue weighted by molar-refractivity contribution is 7.16. The lowest BCUT2D eigenvalue weighted by Crippen LogP contribution is -2.23. The Hall–Kier alpha value is -2.21. The highest BCUT2D eigenvalue weighted by Gasteiger charge is 2.24. The molecule has 6 heteroatoms. The Morgan fingerprint density at radius 2 is 2.23 bits per heavy atom. The molecule has 1 saturated heterocycles. The lowest BCUT2D eigenvalue weighted by molar-refractivity contribution is 0.621. The van der Waals surface area contributed by atoms with E-state index in [0.717, 1.165) is 36.1 Å². The highest BCUT2D eigenvalue weighted by Crippen LogP contribution is 2.30. The Balaban J connectivity index is 1.43. The summed E-state index contributed by atoms with van der Waals surface area (Å²) in [6, 6.07) is 8.06. The summed E-state index contributed by atoms with van der Waals surface area (Å²) in [7, 11) is 0. The van der Waals surface area contributed by atoms with Gasteiger partial charge in [-0.3, -0.25) is 0 Å². The van der Waals surface area contributed by atoms with Gasteiger partial charge in [0.05, 0.1) is 5.39 Å². The van der Waals surface area contributed by atoms with Gasteiger partial charge in [-0.2, -0.15) is 0 Å². The lowest BCUT2D eigenvalue weighted by Gasteiger charge is -2.18. The molecule has 5 nitrogen and oxygen atoms in total. The van der Waals surface area contributed by atoms with E-state index >= 15 is 0 Å². The highest BCUT2D eigenvalue weighted by atomic mass is 32.1. The third-order valence-electron chi connectivity index (χ3n) is 4.06. The molecule has 22 heavy (non-hydrogen) atoms. The van der Waals surface area contributed by atoms with E-state index < -0.39 is 0 Å². The second-order valence-corrected chi connectivity index (χ2v) is 6.43. The van der Waals surface area contributed by atoms with Crippen molar-refractivity contribution in [3.8, 4) is 0 Å². The number of anilines is 2. The molecule has 1 atom stereocenters. The van der Waals surface area contributed by atoms with Crippen molar-refractivity contribution in [2.24, 2.45) is 5.92 Å². The molecule has 3 aromatic rings. The molecule has 0 aliphatic carbocycles. The molecule has 0 amide bonds. The normalized spacial score (nSPS) is 18.0. The number of hydrogen-bond donors (Lipinski definition) is 1. The van der Waals surface area contributed by atoms with Gasteiger partial charge in [-0.1, -0.05) is 6.07 Å². The maximum Gasteiger partial charge on any atom is 0.140 e. The van der Waals surface area contributed by atoms with Crippen molar-refractivity contribution in [1.29, 1.82) is 0 Å². The first-order valence-corrected chi connectivity index (χ1v) is 8.36. The minimum absolute atomic E-state index is 0.616. The first kappa shape index (κ1) is 13.5. The van der Waals surface area contributed by atoms with Gasteiger partial charge >= 0.3 is 0 Å². The number of hydrogen-bond acceptors (Lipinski definition) is 6. The molecule has 4 rings (SSSR count). The second kappa shape index (κ2) is 5.88. The predicted molar refractivity (Wildman–Crippen MR) is 90.5 cm³/mol. The summed E-state index contributed by atoms with van der Waals surface area (Å²) in [6.45, 7) is 3.03. The molecule has 4 heterocycles. The van der Waals surface area contributed by atoms with Gasteiger partial charge in [0.2, 0.25) is 0 Å². The van der Waals surface area contributed by atoms with Crippen LogP contribution in [0.3, 0.4) is 0 Å². The number of aromatic nitrogens is 3. The van der Waals surface area contributed by atoms with Gasteiger partial charge in [0.1, 0.15) is 22.8 Å². The van der Waals surface area contributed by atoms with Crippen molar-refractivity contribution in [3.05, 3.63) is 42.2 Å². The number of pyridine rings is 1. The summed E-state index contributed by atoms with van der Waals surface area (Å²) < 4.78 is 0. The first-order chi connectivity index (χ1) is 10.9. The van der Waals surface area contributed by atoms with E-state index in [4.69, 9.17) is 0 Å². The quantitative estimate of drug-likeness (QED) is 0.802. The minimum Gasteiger partial charge on any atom is -0.370 e. The van der Waals surface area contributed by atoms with Crippen molar-refractivity contribution in [1.82, 2.24) is 15.0 Å². The molecule has 0 aromatic carbocycles. The fourth-order valence-corrected chi connectivity index (χ4v) is 3.66. The van der Waals surface area contributed by atoms with E-state index in [1.165, 1.54) is 11.8 Å². The molecule has 0 radical (unpaired) electrons. The average Bonchev–Trinajstić information content (AvgIpc) is 3.22. The lowest BCUT2D eigenvalue weighted by atomic mass is 10.1. The standard InChI is InChI=1S/C16H17N5S/c1-2-6-17-14(3-1)18-9-12-4-7-21(10-12)15-13-5-8-22-16(13)20-11-19-15/h1-3,5-6,8,11-12H,4,7,9-10H2,(H,17,18)/t12-/m1/s1. The zero-order valence-corrected chi connectivity index (χ0v) is 13.0. The number of nitrogens with zero attached hydrogens (tertiary/aromatic N) is 4. The SMILES string of the molecule is c1ccc(NC[C@H]2CCN(c3ncnc4sccc34)C2)nc1. The van der Waals surface area contributed by atoms with Crippen molar-refractivity contribution in [3.63, 3.8) is 0 Å². The van der Waals surface area contributed by atoms with E-state index in [2.05, 4.69) is 36.6 Å². The number of fused-ring (bicyclic) bond motifs is 1. The summed E-state index contributed by atoms with van der Waals surface area (Å²) in [4.78, 5) is 16.6. The van der Waals surface area contributed by atoms with Crippen LogP contribution in [0.1, 0.15) is 6.42 Å². The van der Waals surface area contributed by atoms with Gasteiger partial charge < -0.3 is 10.2 Å². The summed E-state index contributed by atoms with van der Waals surface area (Å²) in [6.07, 6.45) is 4.67. The van der Waals surface area contributed by atoms with E-state index in [9.17, 15) is 0 Å². The van der Waals surface area contributed by atoms with Crippen LogP contribution < -0.4 is 10.2 Å². The molecule has 0 saturated carbocycles. The molecule has 0 spiro atoms. The second-order valence-electron chi connectivity index (χ2n) is 5.53. The van der Waals surface area contributed by atoms with Crippen LogP contribution in [-0.4, -0.2) is 34.6 Å². The van der Waals surface area contributed by atoms with Crippen LogP contribution in [0.4, 0.5) is 11.6 Å². The monoisotopic (exact) mass is 311 g/mol. The first-order valence-electron chi connectivity index (χ1n) is 7.48. The van der Waals surface area contributed by atoms with E-state index in [0.29, 0.717) is 5.92 Å². The molecular formula is C16H17N5S. The average molecular weight is 311 g/mol. The Morgan fingerprint density at radius 3 is 3.14 bits per heavy atom. The molecule has 1 aliphatic heterocycles. The molecule has 0 unspecified atom stereocenters. The van der Waals surface area contributed by atoms with Crippen LogP contribution in [0.2, 0.25) is 0 Å². The van der Waals surface area contributed by atoms with Crippen molar-refractivity contribution in [2.45, 2.75) is 6.42 Å². The smallest absolute Gasteiger partial charge is 0.140 e. The molecule has 1 aliphatic rings. The van der Waals surface area contributed by atoms with Crippen molar-refractivity contribution >= 4 is 33.2 Å². The van der Waals surface area contributed by atoms with Crippen LogP contribution in [0.5, 0.6) is 0 Å². The third-order valence-corrected chi connectivity index (χ3v) is 4.88. The number of thiophene rings is 1. The summed E-state index contributed by atoms with van der Waals surface area (Å²) in [5.74, 6) is 2.64. The van der Waals surface area contributed by atoms with Gasteiger partial charge in [-0.05, 0) is 35.9 Å². The zero-order valence-electron chi connectivity index (χ0n) is 12.1. The van der Waals surface area contributed by atoms with E-state index in [1.54, 1.807) is 17.7 Å². The third kappa shape index (κ3) is 2.62. The van der Waals surface area contributed by atoms with Crippen LogP contribution in [0, 0.1) is 5.92 Å². The van der Waals surface area contributed by atoms with Crippen LogP contribution in [0.25, 0.3) is 10.2 Å². The molecule has 1 fully saturated rings. The molecule has 112 valence electrons. The van der Waals surface area contributed by atoms with Gasteiger partial charge in [0, 0.05) is 25.8 Å². The summed E-state index contributed by atoms with van der Waals surface area (Å²) in [5.41, 5.74) is 0. The van der Waals surface area contributed by atoms with Crippen LogP contribution in [0.15, 0.2) is 42.2 Å². The predicted octanol–water partition coefficient (Wildman–Crippen LogP) is 3.02. The van der Waals surface area contributed by atoms with Gasteiger partial charge in [-0.25, -0.2) is 15.0 Å². The van der Waals surface area contributed by atoms with E-state index in [-0.39, 0.29) is 0 Å². The minimum atomic E-state index is 0.616. The Labute approximate surface area is 133 Å².